The number of rotatable bonds is 6. The molecule has 0 radical (unpaired) electrons. The second kappa shape index (κ2) is 7.44. The Morgan fingerprint density at radius 3 is 2.61 bits per heavy atom. The predicted molar refractivity (Wildman–Crippen MR) is 106 cm³/mol. The third-order valence-electron chi connectivity index (χ3n) is 4.43. The lowest BCUT2D eigenvalue weighted by Crippen LogP contribution is -2.11. The van der Waals surface area contributed by atoms with E-state index in [1.807, 2.05) is 54.7 Å². The van der Waals surface area contributed by atoms with Gasteiger partial charge in [-0.25, -0.2) is 4.98 Å². The summed E-state index contributed by atoms with van der Waals surface area (Å²) >= 11 is 0. The van der Waals surface area contributed by atoms with Crippen molar-refractivity contribution in [1.29, 1.82) is 0 Å². The number of fused-ring (bicyclic) bond motifs is 1. The van der Waals surface area contributed by atoms with E-state index < -0.39 is 5.91 Å². The highest BCUT2D eigenvalue weighted by atomic mass is 16.5. The molecule has 2 heterocycles. The maximum Gasteiger partial charge on any atom is 0.250 e. The van der Waals surface area contributed by atoms with Gasteiger partial charge in [-0.3, -0.25) is 4.79 Å². The minimum absolute atomic E-state index is 0.429. The Labute approximate surface area is 162 Å². The Kier molecular flexibility index (Phi) is 4.68. The third-order valence-corrected chi connectivity index (χ3v) is 4.43. The van der Waals surface area contributed by atoms with Crippen molar-refractivity contribution in [3.05, 3.63) is 84.2 Å². The smallest absolute Gasteiger partial charge is 0.250 e. The first-order chi connectivity index (χ1) is 13.6. The van der Waals surface area contributed by atoms with E-state index in [0.717, 1.165) is 22.5 Å². The maximum atomic E-state index is 11.4. The zero-order valence-electron chi connectivity index (χ0n) is 15.3. The van der Waals surface area contributed by atoms with Crippen LogP contribution in [0.25, 0.3) is 16.9 Å². The fourth-order valence-electron chi connectivity index (χ4n) is 2.96. The molecule has 4 rings (SSSR count). The zero-order valence-corrected chi connectivity index (χ0v) is 15.3. The number of benzene rings is 2. The number of aromatic nitrogens is 2. The molecule has 2 aromatic carbocycles. The monoisotopic (exact) mass is 373 g/mol. The average Bonchev–Trinajstić information content (AvgIpc) is 3.16. The van der Waals surface area contributed by atoms with Crippen molar-refractivity contribution in [3.63, 3.8) is 0 Å². The van der Waals surface area contributed by atoms with Crippen molar-refractivity contribution in [2.45, 2.75) is 6.61 Å². The summed E-state index contributed by atoms with van der Waals surface area (Å²) in [6, 6.07) is 19.1. The number of ether oxygens (including phenoxy) is 2. The largest absolute Gasteiger partial charge is 0.493 e. The van der Waals surface area contributed by atoms with Crippen LogP contribution in [0.1, 0.15) is 15.9 Å². The second-order valence-electron chi connectivity index (χ2n) is 6.31. The van der Waals surface area contributed by atoms with Gasteiger partial charge in [0.2, 0.25) is 5.91 Å². The first-order valence-electron chi connectivity index (χ1n) is 8.78. The van der Waals surface area contributed by atoms with Gasteiger partial charge in [0.05, 0.1) is 18.4 Å². The van der Waals surface area contributed by atoms with E-state index in [0.29, 0.717) is 23.7 Å². The van der Waals surface area contributed by atoms with Crippen molar-refractivity contribution < 1.29 is 14.3 Å². The van der Waals surface area contributed by atoms with E-state index in [4.69, 9.17) is 15.2 Å². The van der Waals surface area contributed by atoms with E-state index in [1.165, 1.54) is 0 Å². The van der Waals surface area contributed by atoms with Gasteiger partial charge in [0, 0.05) is 18.0 Å². The molecule has 0 bridgehead atoms. The van der Waals surface area contributed by atoms with Crippen LogP contribution in [-0.4, -0.2) is 22.4 Å². The van der Waals surface area contributed by atoms with Crippen LogP contribution in [0.3, 0.4) is 0 Å². The quantitative estimate of drug-likeness (QED) is 0.559. The molecule has 0 atom stereocenters. The number of imidazole rings is 1. The number of carbonyl (C=O) groups is 1. The number of pyridine rings is 1. The minimum atomic E-state index is -0.473. The summed E-state index contributed by atoms with van der Waals surface area (Å²) in [5.74, 6) is 0.817. The number of nitrogens with zero attached hydrogens (tertiary/aromatic N) is 2. The molecule has 0 aliphatic heterocycles. The van der Waals surface area contributed by atoms with Crippen molar-refractivity contribution in [2.24, 2.45) is 5.73 Å². The summed E-state index contributed by atoms with van der Waals surface area (Å²) in [6.07, 6.45) is 3.52. The Morgan fingerprint density at radius 1 is 1.04 bits per heavy atom. The van der Waals surface area contributed by atoms with Crippen molar-refractivity contribution in [1.82, 2.24) is 9.38 Å². The Balaban J connectivity index is 1.61. The molecular weight excluding hydrogens is 354 g/mol. The molecule has 140 valence electrons. The van der Waals surface area contributed by atoms with Gasteiger partial charge in [0.25, 0.3) is 0 Å². The SMILES string of the molecule is COc1cc(-c2cn3cc(C(N)=O)ccc3n2)ccc1OCc1ccccc1. The van der Waals surface area contributed by atoms with Crippen LogP contribution in [0.15, 0.2) is 73.1 Å². The summed E-state index contributed by atoms with van der Waals surface area (Å²) in [7, 11) is 1.61. The number of carbonyl (C=O) groups excluding carboxylic acids is 1. The van der Waals surface area contributed by atoms with Gasteiger partial charge in [0.15, 0.2) is 11.5 Å². The molecule has 4 aromatic rings. The van der Waals surface area contributed by atoms with E-state index in [1.54, 1.807) is 29.8 Å². The Bertz CT molecular complexity index is 1140. The highest BCUT2D eigenvalue weighted by Gasteiger charge is 2.11. The van der Waals surface area contributed by atoms with Crippen LogP contribution in [0.2, 0.25) is 0 Å². The van der Waals surface area contributed by atoms with Gasteiger partial charge >= 0.3 is 0 Å². The van der Waals surface area contributed by atoms with E-state index in [2.05, 4.69) is 4.98 Å². The number of hydrogen-bond acceptors (Lipinski definition) is 4. The normalized spacial score (nSPS) is 10.8. The van der Waals surface area contributed by atoms with E-state index >= 15 is 0 Å². The fourth-order valence-corrected chi connectivity index (χ4v) is 2.96. The van der Waals surface area contributed by atoms with Crippen molar-refractivity contribution >= 4 is 11.6 Å². The van der Waals surface area contributed by atoms with Crippen LogP contribution in [0.4, 0.5) is 0 Å². The highest BCUT2D eigenvalue weighted by Crippen LogP contribution is 2.33. The number of hydrogen-bond donors (Lipinski definition) is 1. The average molecular weight is 373 g/mol. The summed E-state index contributed by atoms with van der Waals surface area (Å²) < 4.78 is 13.2. The van der Waals surface area contributed by atoms with E-state index in [9.17, 15) is 4.79 Å². The molecule has 2 N–H and O–H groups in total. The molecule has 0 aliphatic rings. The number of nitrogens with two attached hydrogens (primary N) is 1. The minimum Gasteiger partial charge on any atom is -0.493 e. The molecule has 0 unspecified atom stereocenters. The number of methoxy groups -OCH3 is 1. The third kappa shape index (κ3) is 3.53. The van der Waals surface area contributed by atoms with Crippen LogP contribution >= 0.6 is 0 Å². The van der Waals surface area contributed by atoms with Crippen LogP contribution in [0, 0.1) is 0 Å². The first kappa shape index (κ1) is 17.6. The van der Waals surface area contributed by atoms with Crippen LogP contribution < -0.4 is 15.2 Å². The summed E-state index contributed by atoms with van der Waals surface area (Å²) in [4.78, 5) is 16.0. The molecule has 28 heavy (non-hydrogen) atoms. The van der Waals surface area contributed by atoms with Gasteiger partial charge < -0.3 is 19.6 Å². The van der Waals surface area contributed by atoms with Gasteiger partial charge in [-0.1, -0.05) is 30.3 Å². The molecule has 0 fully saturated rings. The molecule has 0 saturated heterocycles. The molecule has 0 saturated carbocycles. The van der Waals surface area contributed by atoms with Gasteiger partial charge in [0.1, 0.15) is 12.3 Å². The lowest BCUT2D eigenvalue weighted by molar-refractivity contribution is 0.1000. The zero-order chi connectivity index (χ0) is 19.5. The van der Waals surface area contributed by atoms with Gasteiger partial charge in [-0.2, -0.15) is 0 Å². The van der Waals surface area contributed by atoms with Crippen molar-refractivity contribution in [3.8, 4) is 22.8 Å². The highest BCUT2D eigenvalue weighted by molar-refractivity contribution is 5.92. The first-order valence-corrected chi connectivity index (χ1v) is 8.78. The summed E-state index contributed by atoms with van der Waals surface area (Å²) in [5.41, 5.74) is 9.22. The molecule has 0 spiro atoms. The standard InChI is InChI=1S/C22H19N3O3/c1-27-20-11-16(7-9-19(20)28-14-15-5-3-2-4-6-15)18-13-25-12-17(22(23)26)8-10-21(25)24-18/h2-13H,14H2,1H3,(H2,23,26). The predicted octanol–water partition coefficient (Wildman–Crippen LogP) is 3.69. The molecule has 0 aliphatic carbocycles. The summed E-state index contributed by atoms with van der Waals surface area (Å²) in [6.45, 7) is 0.459. The van der Waals surface area contributed by atoms with Crippen molar-refractivity contribution in [2.75, 3.05) is 7.11 Å². The van der Waals surface area contributed by atoms with Gasteiger partial charge in [-0.05, 0) is 35.9 Å². The lowest BCUT2D eigenvalue weighted by atomic mass is 10.1. The van der Waals surface area contributed by atoms with Crippen LogP contribution in [0.5, 0.6) is 11.5 Å². The maximum absolute atomic E-state index is 11.4. The van der Waals surface area contributed by atoms with E-state index in [-0.39, 0.29) is 0 Å². The number of primary amides is 1. The number of amides is 1. The lowest BCUT2D eigenvalue weighted by Gasteiger charge is -2.11. The topological polar surface area (TPSA) is 78.9 Å². The molecule has 2 aromatic heterocycles. The molecular formula is C22H19N3O3. The Morgan fingerprint density at radius 2 is 1.86 bits per heavy atom. The molecule has 6 heteroatoms. The van der Waals surface area contributed by atoms with Gasteiger partial charge in [-0.15, -0.1) is 0 Å². The summed E-state index contributed by atoms with van der Waals surface area (Å²) in [5, 5.41) is 0. The molecule has 6 nitrogen and oxygen atoms in total. The molecule has 1 amide bonds. The fraction of sp³-hybridized carbons (Fsp3) is 0.0909. The van der Waals surface area contributed by atoms with Crippen LogP contribution in [-0.2, 0) is 6.61 Å². The second-order valence-corrected chi connectivity index (χ2v) is 6.31. The Hall–Kier alpha value is -3.80.